The number of ether oxygens (including phenoxy) is 1. The Morgan fingerprint density at radius 2 is 1.90 bits per heavy atom. The zero-order chi connectivity index (χ0) is 13.9. The van der Waals surface area contributed by atoms with Crippen LogP contribution < -0.4 is 10.1 Å². The van der Waals surface area contributed by atoms with Crippen LogP contribution in [0, 0.1) is 0 Å². The van der Waals surface area contributed by atoms with Crippen molar-refractivity contribution in [3.05, 3.63) is 59.8 Å². The third kappa shape index (κ3) is 2.53. The van der Waals surface area contributed by atoms with Crippen LogP contribution in [0.2, 0.25) is 5.15 Å². The standard InChI is InChI=1S/C16H13ClN2O/c1-20-13-7-4-6-12(10-13)18-16-14-8-3-2-5-11(14)9-15(17)19-16/h2-10H,1H3,(H,18,19). The lowest BCUT2D eigenvalue weighted by molar-refractivity contribution is 0.415. The van der Waals surface area contributed by atoms with Crippen LogP contribution in [0.4, 0.5) is 11.5 Å². The molecule has 3 aromatic rings. The van der Waals surface area contributed by atoms with E-state index in [1.807, 2.05) is 54.6 Å². The second kappa shape index (κ2) is 5.39. The van der Waals surface area contributed by atoms with Gasteiger partial charge in [-0.1, -0.05) is 41.9 Å². The van der Waals surface area contributed by atoms with Gasteiger partial charge < -0.3 is 10.1 Å². The van der Waals surface area contributed by atoms with Crippen molar-refractivity contribution in [2.75, 3.05) is 12.4 Å². The molecule has 0 amide bonds. The molecule has 4 heteroatoms. The number of aromatic nitrogens is 1. The first-order chi connectivity index (χ1) is 9.76. The normalized spacial score (nSPS) is 10.5. The van der Waals surface area contributed by atoms with Gasteiger partial charge in [-0.15, -0.1) is 0 Å². The topological polar surface area (TPSA) is 34.1 Å². The molecule has 0 atom stereocenters. The van der Waals surface area contributed by atoms with Crippen molar-refractivity contribution in [2.24, 2.45) is 0 Å². The number of pyridine rings is 1. The fraction of sp³-hybridized carbons (Fsp3) is 0.0625. The van der Waals surface area contributed by atoms with E-state index in [-0.39, 0.29) is 0 Å². The molecule has 0 saturated heterocycles. The summed E-state index contributed by atoms with van der Waals surface area (Å²) in [5, 5.41) is 5.83. The number of anilines is 2. The van der Waals surface area contributed by atoms with Gasteiger partial charge in [0.2, 0.25) is 0 Å². The zero-order valence-electron chi connectivity index (χ0n) is 10.9. The summed E-state index contributed by atoms with van der Waals surface area (Å²) >= 11 is 6.07. The van der Waals surface area contributed by atoms with Crippen LogP contribution in [0.15, 0.2) is 54.6 Å². The van der Waals surface area contributed by atoms with E-state index in [9.17, 15) is 0 Å². The van der Waals surface area contributed by atoms with Gasteiger partial charge in [0.15, 0.2) is 0 Å². The smallest absolute Gasteiger partial charge is 0.140 e. The van der Waals surface area contributed by atoms with E-state index < -0.39 is 0 Å². The Balaban J connectivity index is 2.05. The molecule has 1 heterocycles. The Morgan fingerprint density at radius 1 is 1.05 bits per heavy atom. The maximum absolute atomic E-state index is 6.07. The van der Waals surface area contributed by atoms with Crippen LogP contribution in [-0.4, -0.2) is 12.1 Å². The minimum Gasteiger partial charge on any atom is -0.497 e. The molecular weight excluding hydrogens is 272 g/mol. The Morgan fingerprint density at radius 3 is 2.75 bits per heavy atom. The fourth-order valence-corrected chi connectivity index (χ4v) is 2.30. The third-order valence-electron chi connectivity index (χ3n) is 3.04. The maximum atomic E-state index is 6.07. The molecule has 2 aromatic carbocycles. The van der Waals surface area contributed by atoms with E-state index in [2.05, 4.69) is 10.3 Å². The fourth-order valence-electron chi connectivity index (χ4n) is 2.10. The van der Waals surface area contributed by atoms with Crippen LogP contribution in [0.5, 0.6) is 5.75 Å². The third-order valence-corrected chi connectivity index (χ3v) is 3.24. The predicted octanol–water partition coefficient (Wildman–Crippen LogP) is 4.64. The van der Waals surface area contributed by atoms with Gasteiger partial charge in [-0.25, -0.2) is 4.98 Å². The van der Waals surface area contributed by atoms with Gasteiger partial charge in [-0.2, -0.15) is 0 Å². The van der Waals surface area contributed by atoms with E-state index in [4.69, 9.17) is 16.3 Å². The molecule has 0 saturated carbocycles. The van der Waals surface area contributed by atoms with Gasteiger partial charge in [-0.3, -0.25) is 0 Å². The van der Waals surface area contributed by atoms with E-state index in [0.29, 0.717) is 5.15 Å². The summed E-state index contributed by atoms with van der Waals surface area (Å²) in [6.07, 6.45) is 0. The number of rotatable bonds is 3. The number of nitrogens with one attached hydrogen (secondary N) is 1. The molecule has 3 nitrogen and oxygen atoms in total. The first kappa shape index (κ1) is 12.8. The molecule has 0 fully saturated rings. The highest BCUT2D eigenvalue weighted by Crippen LogP contribution is 2.28. The van der Waals surface area contributed by atoms with E-state index >= 15 is 0 Å². The van der Waals surface area contributed by atoms with Crippen molar-refractivity contribution < 1.29 is 4.74 Å². The molecule has 0 unspecified atom stereocenters. The first-order valence-corrected chi connectivity index (χ1v) is 6.60. The highest BCUT2D eigenvalue weighted by Gasteiger charge is 2.05. The first-order valence-electron chi connectivity index (χ1n) is 6.22. The van der Waals surface area contributed by atoms with Crippen LogP contribution in [0.3, 0.4) is 0 Å². The van der Waals surface area contributed by atoms with Gasteiger partial charge >= 0.3 is 0 Å². The lowest BCUT2D eigenvalue weighted by Crippen LogP contribution is -1.95. The summed E-state index contributed by atoms with van der Waals surface area (Å²) in [6.45, 7) is 0. The average Bonchev–Trinajstić information content (AvgIpc) is 2.47. The number of fused-ring (bicyclic) bond motifs is 1. The second-order valence-electron chi connectivity index (χ2n) is 4.37. The molecule has 100 valence electrons. The van der Waals surface area contributed by atoms with Gasteiger partial charge in [0, 0.05) is 17.1 Å². The molecule has 3 rings (SSSR count). The quantitative estimate of drug-likeness (QED) is 0.712. The Labute approximate surface area is 122 Å². The molecule has 0 spiro atoms. The Hall–Kier alpha value is -2.26. The van der Waals surface area contributed by atoms with Gasteiger partial charge in [0.05, 0.1) is 7.11 Å². The number of methoxy groups -OCH3 is 1. The number of hydrogen-bond acceptors (Lipinski definition) is 3. The van der Waals surface area contributed by atoms with E-state index in [1.165, 1.54) is 0 Å². The summed E-state index contributed by atoms with van der Waals surface area (Å²) in [5.74, 6) is 1.53. The number of nitrogens with zero attached hydrogens (tertiary/aromatic N) is 1. The van der Waals surface area contributed by atoms with Crippen molar-refractivity contribution >= 4 is 33.9 Å². The van der Waals surface area contributed by atoms with Crippen molar-refractivity contribution in [3.63, 3.8) is 0 Å². The van der Waals surface area contributed by atoms with Crippen LogP contribution in [0.1, 0.15) is 0 Å². The molecule has 0 aliphatic heterocycles. The number of halogens is 1. The molecule has 1 aromatic heterocycles. The highest BCUT2D eigenvalue weighted by molar-refractivity contribution is 6.30. The van der Waals surface area contributed by atoms with Gasteiger partial charge in [0.1, 0.15) is 16.7 Å². The molecule has 0 aliphatic rings. The Kier molecular flexibility index (Phi) is 3.44. The maximum Gasteiger partial charge on any atom is 0.140 e. The van der Waals surface area contributed by atoms with Gasteiger partial charge in [0.25, 0.3) is 0 Å². The molecule has 20 heavy (non-hydrogen) atoms. The Bertz CT molecular complexity index is 758. The lowest BCUT2D eigenvalue weighted by atomic mass is 10.1. The monoisotopic (exact) mass is 284 g/mol. The molecule has 0 aliphatic carbocycles. The van der Waals surface area contributed by atoms with Crippen LogP contribution >= 0.6 is 11.6 Å². The average molecular weight is 285 g/mol. The largest absolute Gasteiger partial charge is 0.497 e. The summed E-state index contributed by atoms with van der Waals surface area (Å²) in [7, 11) is 1.64. The summed E-state index contributed by atoms with van der Waals surface area (Å²) in [4.78, 5) is 4.37. The number of hydrogen-bond donors (Lipinski definition) is 1. The summed E-state index contributed by atoms with van der Waals surface area (Å²) in [6, 6.07) is 17.5. The van der Waals surface area contributed by atoms with Crippen molar-refractivity contribution in [2.45, 2.75) is 0 Å². The SMILES string of the molecule is COc1cccc(Nc2nc(Cl)cc3ccccc23)c1. The summed E-state index contributed by atoms with van der Waals surface area (Å²) in [5.41, 5.74) is 0.907. The molecular formula is C16H13ClN2O. The second-order valence-corrected chi connectivity index (χ2v) is 4.76. The minimum absolute atomic E-state index is 0.467. The molecule has 0 bridgehead atoms. The van der Waals surface area contributed by atoms with Crippen molar-refractivity contribution in [1.29, 1.82) is 0 Å². The lowest BCUT2D eigenvalue weighted by Gasteiger charge is -2.10. The molecule has 1 N–H and O–H groups in total. The molecule has 0 radical (unpaired) electrons. The van der Waals surface area contributed by atoms with Crippen molar-refractivity contribution in [3.8, 4) is 5.75 Å². The minimum atomic E-state index is 0.467. The summed E-state index contributed by atoms with van der Waals surface area (Å²) < 4.78 is 5.22. The van der Waals surface area contributed by atoms with Gasteiger partial charge in [-0.05, 0) is 23.6 Å². The zero-order valence-corrected chi connectivity index (χ0v) is 11.7. The highest BCUT2D eigenvalue weighted by atomic mass is 35.5. The van der Waals surface area contributed by atoms with Crippen LogP contribution in [0.25, 0.3) is 10.8 Å². The number of benzene rings is 2. The van der Waals surface area contributed by atoms with Crippen LogP contribution in [-0.2, 0) is 0 Å². The predicted molar refractivity (Wildman–Crippen MR) is 83.0 cm³/mol. The van der Waals surface area contributed by atoms with Crippen molar-refractivity contribution in [1.82, 2.24) is 4.98 Å². The van der Waals surface area contributed by atoms with E-state index in [1.54, 1.807) is 7.11 Å². The van der Waals surface area contributed by atoms with E-state index in [0.717, 1.165) is 28.0 Å².